The number of aromatic nitrogens is 2. The molecule has 1 aromatic carbocycles. The van der Waals surface area contributed by atoms with Crippen molar-refractivity contribution in [3.63, 3.8) is 0 Å². The van der Waals surface area contributed by atoms with Crippen LogP contribution in [0.1, 0.15) is 30.7 Å². The van der Waals surface area contributed by atoms with Crippen molar-refractivity contribution >= 4 is 37.5 Å². The van der Waals surface area contributed by atoms with Crippen LogP contribution in [0, 0.1) is 0 Å². The predicted octanol–water partition coefficient (Wildman–Crippen LogP) is 3.70. The average Bonchev–Trinajstić information content (AvgIpc) is 3.48. The van der Waals surface area contributed by atoms with E-state index in [0.29, 0.717) is 49.1 Å². The molecule has 0 spiro atoms. The Morgan fingerprint density at radius 3 is 2.75 bits per heavy atom. The molecule has 192 valence electrons. The van der Waals surface area contributed by atoms with Crippen LogP contribution in [0.3, 0.4) is 0 Å². The van der Waals surface area contributed by atoms with E-state index in [1.54, 1.807) is 23.9 Å². The summed E-state index contributed by atoms with van der Waals surface area (Å²) in [5.74, 6) is 1.67. The smallest absolute Gasteiger partial charge is 0.153 e. The van der Waals surface area contributed by atoms with Crippen LogP contribution >= 0.6 is 11.8 Å². The van der Waals surface area contributed by atoms with Crippen molar-refractivity contribution < 1.29 is 27.7 Å². The van der Waals surface area contributed by atoms with Crippen molar-refractivity contribution in [3.05, 3.63) is 47.9 Å². The van der Waals surface area contributed by atoms with E-state index in [0.717, 1.165) is 34.5 Å². The van der Waals surface area contributed by atoms with Gasteiger partial charge in [-0.05, 0) is 30.7 Å². The Bertz CT molecular complexity index is 1350. The fourth-order valence-corrected chi connectivity index (χ4v) is 6.03. The minimum Gasteiger partial charge on any atom is -0.488 e. The molecular formula is C25H29N3O6S2. The quantitative estimate of drug-likeness (QED) is 0.429. The van der Waals surface area contributed by atoms with Gasteiger partial charge in [0.1, 0.15) is 28.4 Å². The number of thioether (sulfide) groups is 1. The molecule has 1 saturated heterocycles. The molecule has 3 aromatic rings. The van der Waals surface area contributed by atoms with E-state index in [9.17, 15) is 13.5 Å². The van der Waals surface area contributed by atoms with E-state index in [4.69, 9.17) is 14.2 Å². The molecule has 0 radical (unpaired) electrons. The summed E-state index contributed by atoms with van der Waals surface area (Å²) in [6.45, 7) is 2.19. The monoisotopic (exact) mass is 531 g/mol. The zero-order valence-corrected chi connectivity index (χ0v) is 21.6. The molecule has 0 saturated carbocycles. The lowest BCUT2D eigenvalue weighted by molar-refractivity contribution is 0.0260. The van der Waals surface area contributed by atoms with Gasteiger partial charge in [0.15, 0.2) is 9.84 Å². The fourth-order valence-electron chi connectivity index (χ4n) is 4.25. The van der Waals surface area contributed by atoms with Gasteiger partial charge in [-0.3, -0.25) is 9.98 Å². The van der Waals surface area contributed by atoms with Crippen molar-refractivity contribution in [2.24, 2.45) is 4.99 Å². The Morgan fingerprint density at radius 2 is 2.03 bits per heavy atom. The average molecular weight is 532 g/mol. The second-order valence-electron chi connectivity index (χ2n) is 9.05. The van der Waals surface area contributed by atoms with Crippen LogP contribution in [-0.2, 0) is 20.3 Å². The molecule has 1 fully saturated rings. The fraction of sp³-hybridized carbons (Fsp3) is 0.440. The second kappa shape index (κ2) is 10.8. The van der Waals surface area contributed by atoms with Gasteiger partial charge >= 0.3 is 0 Å². The van der Waals surface area contributed by atoms with Crippen molar-refractivity contribution in [1.82, 2.24) is 9.97 Å². The summed E-state index contributed by atoms with van der Waals surface area (Å²) in [7, 11) is -3.16. The Kier molecular flexibility index (Phi) is 7.52. The Labute approximate surface area is 214 Å². The van der Waals surface area contributed by atoms with E-state index >= 15 is 0 Å². The number of ether oxygens (including phenoxy) is 3. The topological polar surface area (TPSA) is 123 Å². The van der Waals surface area contributed by atoms with E-state index in [1.807, 2.05) is 18.2 Å². The second-order valence-corrected chi connectivity index (χ2v) is 12.5. The number of aliphatic imine (C=N–C) groups is 1. The van der Waals surface area contributed by atoms with Crippen LogP contribution in [-0.4, -0.2) is 72.5 Å². The third-order valence-corrected chi connectivity index (χ3v) is 8.08. The van der Waals surface area contributed by atoms with Gasteiger partial charge in [0.2, 0.25) is 0 Å². The summed E-state index contributed by atoms with van der Waals surface area (Å²) in [5.41, 5.74) is 2.25. The van der Waals surface area contributed by atoms with Gasteiger partial charge in [-0.1, -0.05) is 11.8 Å². The first-order valence-electron chi connectivity index (χ1n) is 11.9. The van der Waals surface area contributed by atoms with Crippen LogP contribution in [0.4, 0.5) is 0 Å². The van der Waals surface area contributed by atoms with E-state index < -0.39 is 9.84 Å². The van der Waals surface area contributed by atoms with Crippen molar-refractivity contribution in [3.8, 4) is 17.2 Å². The number of aromatic amines is 1. The summed E-state index contributed by atoms with van der Waals surface area (Å²) >= 11 is 1.68. The van der Waals surface area contributed by atoms with Crippen molar-refractivity contribution in [2.75, 3.05) is 32.6 Å². The number of rotatable bonds is 9. The molecule has 11 heteroatoms. The van der Waals surface area contributed by atoms with E-state index in [2.05, 4.69) is 15.0 Å². The highest BCUT2D eigenvalue weighted by atomic mass is 32.2. The maximum Gasteiger partial charge on any atom is 0.153 e. The maximum absolute atomic E-state index is 11.5. The van der Waals surface area contributed by atoms with Crippen LogP contribution in [0.2, 0.25) is 0 Å². The molecule has 2 N–H and O–H groups in total. The number of H-pyrrole nitrogens is 1. The zero-order chi connectivity index (χ0) is 25.1. The maximum atomic E-state index is 11.5. The molecular weight excluding hydrogens is 502 g/mol. The molecule has 36 heavy (non-hydrogen) atoms. The number of benzene rings is 1. The summed E-state index contributed by atoms with van der Waals surface area (Å²) in [4.78, 5) is 12.4. The lowest BCUT2D eigenvalue weighted by Crippen LogP contribution is -2.25. The van der Waals surface area contributed by atoms with Gasteiger partial charge in [0, 0.05) is 42.4 Å². The SMILES string of the molecule is CS(=O)(=O)Cc1ccc(Oc2cc(OC3CCOCC3)c3[nH]c(C4=NCC(CCO)S4)cc3c2)cn1. The molecule has 0 bridgehead atoms. The van der Waals surface area contributed by atoms with Crippen LogP contribution < -0.4 is 9.47 Å². The standard InChI is InChI=1S/C25H29N3O6S2/c1-36(30,31)15-17-2-3-19(13-26-17)33-20-10-16-11-22(25-27-14-21(35-25)4-7-29)28-24(16)23(12-20)34-18-5-8-32-9-6-18/h2-3,10-13,18,21,28-29H,4-9,14-15H2,1H3. The van der Waals surface area contributed by atoms with Crippen LogP contribution in [0.5, 0.6) is 17.2 Å². The van der Waals surface area contributed by atoms with Gasteiger partial charge < -0.3 is 24.3 Å². The van der Waals surface area contributed by atoms with Gasteiger partial charge in [-0.2, -0.15) is 0 Å². The number of aliphatic hydroxyl groups excluding tert-OH is 1. The third kappa shape index (κ3) is 6.20. The van der Waals surface area contributed by atoms with Gasteiger partial charge in [0.25, 0.3) is 0 Å². The number of pyridine rings is 1. The molecule has 0 aliphatic carbocycles. The molecule has 9 nitrogen and oxygen atoms in total. The number of nitrogens with zero attached hydrogens (tertiary/aromatic N) is 2. The first kappa shape index (κ1) is 25.1. The number of hydrogen-bond donors (Lipinski definition) is 2. The molecule has 2 aliphatic rings. The summed E-state index contributed by atoms with van der Waals surface area (Å²) < 4.78 is 41.0. The lowest BCUT2D eigenvalue weighted by Gasteiger charge is -2.24. The molecule has 5 rings (SSSR count). The zero-order valence-electron chi connectivity index (χ0n) is 20.0. The molecule has 2 aliphatic heterocycles. The summed E-state index contributed by atoms with van der Waals surface area (Å²) in [5, 5.41) is 11.4. The van der Waals surface area contributed by atoms with E-state index in [-0.39, 0.29) is 23.7 Å². The highest BCUT2D eigenvalue weighted by Crippen LogP contribution is 2.37. The van der Waals surface area contributed by atoms with Crippen molar-refractivity contribution in [1.29, 1.82) is 0 Å². The van der Waals surface area contributed by atoms with Gasteiger partial charge in [-0.15, -0.1) is 0 Å². The normalized spacial score (nSPS) is 18.9. The Hall–Kier alpha value is -2.60. The van der Waals surface area contributed by atoms with Gasteiger partial charge in [0.05, 0.1) is 48.6 Å². The molecule has 4 heterocycles. The first-order chi connectivity index (χ1) is 17.4. The Balaban J connectivity index is 1.42. The highest BCUT2D eigenvalue weighted by Gasteiger charge is 2.23. The summed E-state index contributed by atoms with van der Waals surface area (Å²) in [6.07, 6.45) is 5.10. The molecule has 1 unspecified atom stereocenters. The minimum atomic E-state index is -3.16. The van der Waals surface area contributed by atoms with Gasteiger partial charge in [-0.25, -0.2) is 8.42 Å². The minimum absolute atomic E-state index is 0.0491. The first-order valence-corrected chi connectivity index (χ1v) is 14.8. The molecule has 0 amide bonds. The Morgan fingerprint density at radius 1 is 1.19 bits per heavy atom. The largest absolute Gasteiger partial charge is 0.488 e. The van der Waals surface area contributed by atoms with E-state index in [1.165, 1.54) is 12.5 Å². The van der Waals surface area contributed by atoms with Crippen LogP contribution in [0.15, 0.2) is 41.5 Å². The summed E-state index contributed by atoms with van der Waals surface area (Å²) in [6, 6.07) is 9.20. The van der Waals surface area contributed by atoms with Crippen LogP contribution in [0.25, 0.3) is 10.9 Å². The van der Waals surface area contributed by atoms with Crippen molar-refractivity contribution in [2.45, 2.75) is 36.4 Å². The number of hydrogen-bond acceptors (Lipinski definition) is 9. The number of sulfone groups is 1. The lowest BCUT2D eigenvalue weighted by atomic mass is 10.1. The molecule has 1 atom stereocenters. The third-order valence-electron chi connectivity index (χ3n) is 5.97. The predicted molar refractivity (Wildman–Crippen MR) is 140 cm³/mol. The number of nitrogens with one attached hydrogen (secondary N) is 1. The number of aliphatic hydroxyl groups is 1. The number of fused-ring (bicyclic) bond motifs is 1. The highest BCUT2D eigenvalue weighted by molar-refractivity contribution is 8.15. The molecule has 2 aromatic heterocycles.